The van der Waals surface area contributed by atoms with E-state index in [9.17, 15) is 9.59 Å². The summed E-state index contributed by atoms with van der Waals surface area (Å²) in [6.07, 6.45) is 1.02. The molecule has 11 heavy (non-hydrogen) atoms. The van der Waals surface area contributed by atoms with Gasteiger partial charge in [-0.2, -0.15) is 0 Å². The Morgan fingerprint density at radius 3 is 2.27 bits per heavy atom. The third-order valence-electron chi connectivity index (χ3n) is 1.57. The molecule has 0 rings (SSSR count). The molecule has 0 aliphatic heterocycles. The van der Waals surface area contributed by atoms with E-state index < -0.39 is 12.0 Å². The fraction of sp³-hybridized carbons (Fsp3) is 0.714. The molecule has 1 unspecified atom stereocenters. The number of carbonyl (C=O) groups excluding carboxylic acids is 1. The van der Waals surface area contributed by atoms with Gasteiger partial charge >= 0.3 is 5.97 Å². The van der Waals surface area contributed by atoms with Crippen molar-refractivity contribution in [2.75, 3.05) is 6.54 Å². The van der Waals surface area contributed by atoms with Gasteiger partial charge in [-0.15, -0.1) is 0 Å². The fourth-order valence-corrected chi connectivity index (χ4v) is 0.919. The molecule has 0 bridgehead atoms. The van der Waals surface area contributed by atoms with Gasteiger partial charge in [0.15, 0.2) is 0 Å². The van der Waals surface area contributed by atoms with Crippen LogP contribution in [0.25, 0.3) is 0 Å². The Labute approximate surface area is 65.8 Å². The molecule has 0 saturated carbocycles. The highest BCUT2D eigenvalue weighted by Crippen LogP contribution is 2.00. The maximum atomic E-state index is 10.5. The van der Waals surface area contributed by atoms with Crippen molar-refractivity contribution in [2.45, 2.75) is 26.3 Å². The number of amides is 1. The van der Waals surface area contributed by atoms with Crippen molar-refractivity contribution in [1.82, 2.24) is 4.90 Å². The normalized spacial score (nSPS) is 12.2. The monoisotopic (exact) mass is 159 g/mol. The second-order valence-electron chi connectivity index (χ2n) is 2.20. The van der Waals surface area contributed by atoms with Crippen molar-refractivity contribution in [3.63, 3.8) is 0 Å². The predicted octanol–water partition coefficient (Wildman–Crippen LogP) is 0.328. The minimum Gasteiger partial charge on any atom is -0.480 e. The smallest absolute Gasteiger partial charge is 0.326 e. The minimum atomic E-state index is -0.943. The summed E-state index contributed by atoms with van der Waals surface area (Å²) in [4.78, 5) is 22.1. The highest BCUT2D eigenvalue weighted by molar-refractivity contribution is 5.76. The van der Waals surface area contributed by atoms with E-state index in [0.717, 1.165) is 0 Å². The first kappa shape index (κ1) is 9.94. The van der Waals surface area contributed by atoms with Crippen molar-refractivity contribution < 1.29 is 14.7 Å². The standard InChI is InChI=1S/C7H13NO3/c1-3-6(7(10)11)8(4-2)5-9/h5-6H,3-4H2,1-2H3,(H,10,11). The average Bonchev–Trinajstić information content (AvgIpc) is 1.99. The maximum Gasteiger partial charge on any atom is 0.326 e. The van der Waals surface area contributed by atoms with Crippen LogP contribution in [0.3, 0.4) is 0 Å². The van der Waals surface area contributed by atoms with E-state index in [1.165, 1.54) is 4.90 Å². The molecule has 0 heterocycles. The molecule has 0 aromatic heterocycles. The molecule has 4 nitrogen and oxygen atoms in total. The summed E-state index contributed by atoms with van der Waals surface area (Å²) in [5.74, 6) is -0.943. The van der Waals surface area contributed by atoms with Crippen LogP contribution in [0.5, 0.6) is 0 Å². The van der Waals surface area contributed by atoms with Gasteiger partial charge in [-0.3, -0.25) is 4.79 Å². The van der Waals surface area contributed by atoms with Crippen molar-refractivity contribution in [2.24, 2.45) is 0 Å². The van der Waals surface area contributed by atoms with Gasteiger partial charge in [0.1, 0.15) is 6.04 Å². The van der Waals surface area contributed by atoms with Gasteiger partial charge in [-0.05, 0) is 13.3 Å². The van der Waals surface area contributed by atoms with Gasteiger partial charge in [0, 0.05) is 6.54 Å². The van der Waals surface area contributed by atoms with Crippen LogP contribution >= 0.6 is 0 Å². The summed E-state index contributed by atoms with van der Waals surface area (Å²) in [5, 5.41) is 8.61. The van der Waals surface area contributed by atoms with Gasteiger partial charge < -0.3 is 10.0 Å². The number of hydrogen-bond donors (Lipinski definition) is 1. The van der Waals surface area contributed by atoms with Gasteiger partial charge in [0.05, 0.1) is 0 Å². The largest absolute Gasteiger partial charge is 0.480 e. The number of nitrogens with zero attached hydrogens (tertiary/aromatic N) is 1. The second-order valence-corrected chi connectivity index (χ2v) is 2.20. The summed E-state index contributed by atoms with van der Waals surface area (Å²) in [6.45, 7) is 3.93. The number of aliphatic carboxylic acids is 1. The van der Waals surface area contributed by atoms with Gasteiger partial charge in [0.2, 0.25) is 6.41 Å². The molecular formula is C7H13NO3. The molecule has 1 N–H and O–H groups in total. The molecule has 0 aliphatic rings. The zero-order valence-corrected chi connectivity index (χ0v) is 6.78. The van der Waals surface area contributed by atoms with Gasteiger partial charge in [0.25, 0.3) is 0 Å². The summed E-state index contributed by atoms with van der Waals surface area (Å²) in [5.41, 5.74) is 0. The Morgan fingerprint density at radius 2 is 2.18 bits per heavy atom. The van der Waals surface area contributed by atoms with E-state index in [1.54, 1.807) is 13.8 Å². The molecule has 64 valence electrons. The highest BCUT2D eigenvalue weighted by atomic mass is 16.4. The van der Waals surface area contributed by atoms with Crippen LogP contribution in [-0.4, -0.2) is 35.0 Å². The molecule has 0 spiro atoms. The van der Waals surface area contributed by atoms with Crippen LogP contribution in [0.15, 0.2) is 0 Å². The zero-order valence-electron chi connectivity index (χ0n) is 6.78. The van der Waals surface area contributed by atoms with Crippen LogP contribution in [0.2, 0.25) is 0 Å². The molecule has 0 aromatic rings. The van der Waals surface area contributed by atoms with Crippen LogP contribution < -0.4 is 0 Å². The Kier molecular flexibility index (Phi) is 4.26. The lowest BCUT2D eigenvalue weighted by molar-refractivity contribution is -0.146. The van der Waals surface area contributed by atoms with E-state index in [2.05, 4.69) is 0 Å². The number of carboxylic acids is 1. The number of carbonyl (C=O) groups is 2. The van der Waals surface area contributed by atoms with Crippen molar-refractivity contribution in [3.05, 3.63) is 0 Å². The Balaban J connectivity index is 4.20. The van der Waals surface area contributed by atoms with Gasteiger partial charge in [-0.25, -0.2) is 4.79 Å². The predicted molar refractivity (Wildman–Crippen MR) is 40.2 cm³/mol. The first-order chi connectivity index (χ1) is 5.17. The van der Waals surface area contributed by atoms with E-state index in [4.69, 9.17) is 5.11 Å². The summed E-state index contributed by atoms with van der Waals surface area (Å²) in [7, 11) is 0. The Morgan fingerprint density at radius 1 is 1.64 bits per heavy atom. The molecule has 0 fully saturated rings. The van der Waals surface area contributed by atoms with Crippen LogP contribution in [0.4, 0.5) is 0 Å². The summed E-state index contributed by atoms with van der Waals surface area (Å²) in [6, 6.07) is -0.669. The zero-order chi connectivity index (χ0) is 8.85. The Hall–Kier alpha value is -1.06. The first-order valence-electron chi connectivity index (χ1n) is 3.61. The maximum absolute atomic E-state index is 10.5. The lowest BCUT2D eigenvalue weighted by Crippen LogP contribution is -2.39. The topological polar surface area (TPSA) is 57.6 Å². The molecule has 1 amide bonds. The number of rotatable bonds is 5. The molecule has 4 heteroatoms. The van der Waals surface area contributed by atoms with Crippen LogP contribution in [0, 0.1) is 0 Å². The van der Waals surface area contributed by atoms with E-state index in [1.807, 2.05) is 0 Å². The quantitative estimate of drug-likeness (QED) is 0.588. The van der Waals surface area contributed by atoms with Crippen molar-refractivity contribution >= 4 is 12.4 Å². The lowest BCUT2D eigenvalue weighted by Gasteiger charge is -2.21. The van der Waals surface area contributed by atoms with Gasteiger partial charge in [-0.1, -0.05) is 6.92 Å². The molecule has 0 aliphatic carbocycles. The molecule has 0 radical (unpaired) electrons. The third-order valence-corrected chi connectivity index (χ3v) is 1.57. The molecule has 0 aromatic carbocycles. The summed E-state index contributed by atoms with van der Waals surface area (Å²) < 4.78 is 0. The molecule has 1 atom stereocenters. The lowest BCUT2D eigenvalue weighted by atomic mass is 10.2. The van der Waals surface area contributed by atoms with Crippen molar-refractivity contribution in [1.29, 1.82) is 0 Å². The van der Waals surface area contributed by atoms with Crippen LogP contribution in [0.1, 0.15) is 20.3 Å². The third kappa shape index (κ3) is 2.57. The first-order valence-corrected chi connectivity index (χ1v) is 3.61. The second kappa shape index (κ2) is 4.71. The fourth-order valence-electron chi connectivity index (χ4n) is 0.919. The minimum absolute atomic E-state index is 0.439. The highest BCUT2D eigenvalue weighted by Gasteiger charge is 2.20. The van der Waals surface area contributed by atoms with Crippen molar-refractivity contribution in [3.8, 4) is 0 Å². The van der Waals surface area contributed by atoms with E-state index >= 15 is 0 Å². The molecule has 0 saturated heterocycles. The number of likely N-dealkylation sites (N-methyl/N-ethyl adjacent to an activating group) is 1. The van der Waals surface area contributed by atoms with E-state index in [0.29, 0.717) is 19.4 Å². The number of hydrogen-bond acceptors (Lipinski definition) is 2. The van der Waals surface area contributed by atoms with E-state index in [-0.39, 0.29) is 0 Å². The summed E-state index contributed by atoms with van der Waals surface area (Å²) >= 11 is 0. The average molecular weight is 159 g/mol. The SMILES string of the molecule is CCC(C(=O)O)N(C=O)CC. The molecular weight excluding hydrogens is 146 g/mol. The number of carboxylic acid groups (broad SMARTS) is 1. The van der Waals surface area contributed by atoms with Crippen LogP contribution in [-0.2, 0) is 9.59 Å². The Bertz CT molecular complexity index is 147.